The topological polar surface area (TPSA) is 82.1 Å². The SMILES string of the molecule is N=C1NC(=O)C(CC(=O)Nc2ccccc2Cl)S1. The molecule has 1 atom stereocenters. The van der Waals surface area contributed by atoms with Crippen LogP contribution in [0.2, 0.25) is 5.02 Å². The molecule has 1 fully saturated rings. The molecule has 2 amide bonds. The van der Waals surface area contributed by atoms with Crippen molar-refractivity contribution in [1.29, 1.82) is 5.41 Å². The predicted octanol–water partition coefficient (Wildman–Crippen LogP) is 1.83. The van der Waals surface area contributed by atoms with Crippen LogP contribution in [-0.2, 0) is 9.59 Å². The second-order valence-electron chi connectivity index (χ2n) is 3.66. The van der Waals surface area contributed by atoms with Crippen LogP contribution in [-0.4, -0.2) is 22.2 Å². The summed E-state index contributed by atoms with van der Waals surface area (Å²) in [4.78, 5) is 23.1. The lowest BCUT2D eigenvalue weighted by Gasteiger charge is -2.08. The number of hydrogen-bond donors (Lipinski definition) is 3. The fourth-order valence-electron chi connectivity index (χ4n) is 1.48. The Balaban J connectivity index is 1.95. The number of carbonyl (C=O) groups excluding carboxylic acids is 2. The molecule has 18 heavy (non-hydrogen) atoms. The Hall–Kier alpha value is -1.53. The van der Waals surface area contributed by atoms with Crippen molar-refractivity contribution in [3.05, 3.63) is 29.3 Å². The van der Waals surface area contributed by atoms with E-state index in [1.54, 1.807) is 24.3 Å². The van der Waals surface area contributed by atoms with Crippen LogP contribution in [0.25, 0.3) is 0 Å². The van der Waals surface area contributed by atoms with E-state index in [1.165, 1.54) is 0 Å². The Morgan fingerprint density at radius 1 is 1.50 bits per heavy atom. The van der Waals surface area contributed by atoms with Gasteiger partial charge in [-0.2, -0.15) is 0 Å². The van der Waals surface area contributed by atoms with Gasteiger partial charge in [-0.3, -0.25) is 15.0 Å². The van der Waals surface area contributed by atoms with E-state index in [0.29, 0.717) is 10.7 Å². The van der Waals surface area contributed by atoms with E-state index in [2.05, 4.69) is 10.6 Å². The number of nitrogens with one attached hydrogen (secondary N) is 3. The van der Waals surface area contributed by atoms with Crippen LogP contribution in [0.1, 0.15) is 6.42 Å². The van der Waals surface area contributed by atoms with E-state index >= 15 is 0 Å². The molecule has 0 bridgehead atoms. The standard InChI is InChI=1S/C11H10ClN3O2S/c12-6-3-1-2-4-7(6)14-9(16)5-8-10(17)15-11(13)18-8/h1-4,8H,5H2,(H,14,16)(H2,13,15,17). The zero-order valence-electron chi connectivity index (χ0n) is 9.20. The maximum Gasteiger partial charge on any atom is 0.240 e. The number of halogens is 1. The van der Waals surface area contributed by atoms with Crippen LogP contribution in [0, 0.1) is 5.41 Å². The molecule has 1 aliphatic heterocycles. The summed E-state index contributed by atoms with van der Waals surface area (Å²) in [7, 11) is 0. The Morgan fingerprint density at radius 2 is 2.22 bits per heavy atom. The summed E-state index contributed by atoms with van der Waals surface area (Å²) >= 11 is 6.95. The van der Waals surface area contributed by atoms with Crippen molar-refractivity contribution >= 4 is 46.0 Å². The maximum absolute atomic E-state index is 11.7. The highest BCUT2D eigenvalue weighted by atomic mass is 35.5. The normalized spacial score (nSPS) is 18.6. The zero-order chi connectivity index (χ0) is 13.1. The minimum Gasteiger partial charge on any atom is -0.325 e. The quantitative estimate of drug-likeness (QED) is 0.791. The lowest BCUT2D eigenvalue weighted by Crippen LogP contribution is -2.27. The third-order valence-corrected chi connectivity index (χ3v) is 3.64. The van der Waals surface area contributed by atoms with Crippen molar-refractivity contribution in [2.75, 3.05) is 5.32 Å². The third kappa shape index (κ3) is 3.02. The minimum atomic E-state index is -0.542. The van der Waals surface area contributed by atoms with Gasteiger partial charge < -0.3 is 10.6 Å². The highest BCUT2D eigenvalue weighted by molar-refractivity contribution is 8.15. The van der Waals surface area contributed by atoms with Crippen LogP contribution in [0.4, 0.5) is 5.69 Å². The molecular formula is C11H10ClN3O2S. The van der Waals surface area contributed by atoms with Gasteiger partial charge in [-0.05, 0) is 12.1 Å². The first-order valence-electron chi connectivity index (χ1n) is 5.16. The molecule has 0 spiro atoms. The van der Waals surface area contributed by atoms with Crippen LogP contribution in [0.15, 0.2) is 24.3 Å². The van der Waals surface area contributed by atoms with E-state index in [4.69, 9.17) is 17.0 Å². The number of benzene rings is 1. The summed E-state index contributed by atoms with van der Waals surface area (Å²) in [6, 6.07) is 6.88. The summed E-state index contributed by atoms with van der Waals surface area (Å²) in [6.45, 7) is 0. The monoisotopic (exact) mass is 283 g/mol. The molecule has 0 aliphatic carbocycles. The van der Waals surface area contributed by atoms with Gasteiger partial charge in [-0.1, -0.05) is 35.5 Å². The van der Waals surface area contributed by atoms with E-state index in [9.17, 15) is 9.59 Å². The summed E-state index contributed by atoms with van der Waals surface area (Å²) in [6.07, 6.45) is 0.0180. The molecule has 1 heterocycles. The van der Waals surface area contributed by atoms with Crippen LogP contribution in [0.5, 0.6) is 0 Å². The molecule has 1 aromatic rings. The van der Waals surface area contributed by atoms with E-state index in [-0.39, 0.29) is 23.4 Å². The van der Waals surface area contributed by atoms with Crippen LogP contribution >= 0.6 is 23.4 Å². The zero-order valence-corrected chi connectivity index (χ0v) is 10.8. The second kappa shape index (κ2) is 5.41. The minimum absolute atomic E-state index is 0.0180. The van der Waals surface area contributed by atoms with Crippen molar-refractivity contribution in [3.63, 3.8) is 0 Å². The molecule has 0 aromatic heterocycles. The average Bonchev–Trinajstić information content (AvgIpc) is 2.61. The Labute approximate surface area is 113 Å². The fraction of sp³-hybridized carbons (Fsp3) is 0.182. The molecule has 94 valence electrons. The number of para-hydroxylation sites is 1. The van der Waals surface area contributed by atoms with E-state index in [1.807, 2.05) is 0 Å². The highest BCUT2D eigenvalue weighted by Gasteiger charge is 2.31. The molecule has 1 aromatic carbocycles. The van der Waals surface area contributed by atoms with Crippen LogP contribution in [0.3, 0.4) is 0 Å². The Morgan fingerprint density at radius 3 is 2.83 bits per heavy atom. The summed E-state index contributed by atoms with van der Waals surface area (Å²) < 4.78 is 0. The van der Waals surface area contributed by atoms with Gasteiger partial charge in [-0.15, -0.1) is 0 Å². The van der Waals surface area contributed by atoms with Gasteiger partial charge in [0.05, 0.1) is 10.7 Å². The number of thioether (sulfide) groups is 1. The van der Waals surface area contributed by atoms with Crippen molar-refractivity contribution < 1.29 is 9.59 Å². The molecule has 0 saturated carbocycles. The van der Waals surface area contributed by atoms with Gasteiger partial charge in [0.1, 0.15) is 5.25 Å². The van der Waals surface area contributed by atoms with E-state index < -0.39 is 5.25 Å². The molecule has 1 saturated heterocycles. The summed E-state index contributed by atoms with van der Waals surface area (Å²) in [5.74, 6) is -0.607. The number of hydrogen-bond acceptors (Lipinski definition) is 4. The number of rotatable bonds is 3. The summed E-state index contributed by atoms with van der Waals surface area (Å²) in [5.41, 5.74) is 0.516. The predicted molar refractivity (Wildman–Crippen MR) is 71.9 cm³/mol. The van der Waals surface area contributed by atoms with Crippen molar-refractivity contribution in [1.82, 2.24) is 5.32 Å². The second-order valence-corrected chi connectivity index (χ2v) is 5.28. The first-order chi connectivity index (χ1) is 8.56. The number of amides is 2. The lowest BCUT2D eigenvalue weighted by atomic mass is 10.2. The van der Waals surface area contributed by atoms with Crippen molar-refractivity contribution in [2.24, 2.45) is 0 Å². The molecule has 0 radical (unpaired) electrons. The van der Waals surface area contributed by atoms with Crippen molar-refractivity contribution in [2.45, 2.75) is 11.7 Å². The smallest absolute Gasteiger partial charge is 0.240 e. The average molecular weight is 284 g/mol. The van der Waals surface area contributed by atoms with Gasteiger partial charge >= 0.3 is 0 Å². The largest absolute Gasteiger partial charge is 0.325 e. The molecule has 3 N–H and O–H groups in total. The molecule has 1 aliphatic rings. The van der Waals surface area contributed by atoms with Gasteiger partial charge in [0.2, 0.25) is 11.8 Å². The summed E-state index contributed by atoms with van der Waals surface area (Å²) in [5, 5.41) is 12.3. The Bertz CT molecular complexity index is 521. The van der Waals surface area contributed by atoms with Crippen molar-refractivity contribution in [3.8, 4) is 0 Å². The fourth-order valence-corrected chi connectivity index (χ4v) is 2.51. The van der Waals surface area contributed by atoms with Crippen LogP contribution < -0.4 is 10.6 Å². The van der Waals surface area contributed by atoms with Gasteiger partial charge in [0.15, 0.2) is 5.17 Å². The van der Waals surface area contributed by atoms with Gasteiger partial charge in [0, 0.05) is 6.42 Å². The Kier molecular flexibility index (Phi) is 3.88. The van der Waals surface area contributed by atoms with Gasteiger partial charge in [0.25, 0.3) is 0 Å². The first kappa shape index (κ1) is 12.9. The maximum atomic E-state index is 11.7. The van der Waals surface area contributed by atoms with E-state index in [0.717, 1.165) is 11.8 Å². The molecule has 5 nitrogen and oxygen atoms in total. The first-order valence-corrected chi connectivity index (χ1v) is 6.42. The number of carbonyl (C=O) groups is 2. The highest BCUT2D eigenvalue weighted by Crippen LogP contribution is 2.24. The van der Waals surface area contributed by atoms with Gasteiger partial charge in [-0.25, -0.2) is 0 Å². The third-order valence-electron chi connectivity index (χ3n) is 2.31. The number of anilines is 1. The molecule has 2 rings (SSSR count). The molecule has 7 heteroatoms. The lowest BCUT2D eigenvalue weighted by molar-refractivity contribution is -0.122. The number of amidine groups is 1. The molecular weight excluding hydrogens is 274 g/mol. The molecule has 1 unspecified atom stereocenters.